The zero-order valence-corrected chi connectivity index (χ0v) is 17.3. The molecule has 2 heterocycles. The molecule has 3 heteroatoms. The second-order valence-electron chi connectivity index (χ2n) is 7.19. The summed E-state index contributed by atoms with van der Waals surface area (Å²) in [4.78, 5) is 9.13. The average molecular weight is 392 g/mol. The van der Waals surface area contributed by atoms with Gasteiger partial charge in [0.05, 0.1) is 11.4 Å². The Kier molecular flexibility index (Phi) is 5.71. The van der Waals surface area contributed by atoms with E-state index >= 15 is 0 Å². The molecule has 0 N–H and O–H groups in total. The molecule has 0 aliphatic carbocycles. The van der Waals surface area contributed by atoms with E-state index in [1.165, 1.54) is 16.7 Å². The van der Waals surface area contributed by atoms with Gasteiger partial charge in [0, 0.05) is 24.2 Å². The first-order valence-corrected chi connectivity index (χ1v) is 10.1. The molecule has 0 unspecified atom stereocenters. The lowest BCUT2D eigenvalue weighted by Crippen LogP contribution is -2.03. The minimum absolute atomic E-state index is 0.801. The van der Waals surface area contributed by atoms with Crippen molar-refractivity contribution >= 4 is 0 Å². The van der Waals surface area contributed by atoms with Crippen LogP contribution in [0, 0.1) is 6.92 Å². The van der Waals surface area contributed by atoms with Crippen molar-refractivity contribution in [1.82, 2.24) is 14.5 Å². The van der Waals surface area contributed by atoms with Gasteiger partial charge in [-0.15, -0.1) is 13.2 Å². The Labute approximate surface area is 178 Å². The molecule has 4 aromatic rings. The molecule has 148 valence electrons. The zero-order chi connectivity index (χ0) is 20.9. The van der Waals surface area contributed by atoms with E-state index < -0.39 is 0 Å². The smallest absolute Gasteiger partial charge is 0.110 e. The second-order valence-corrected chi connectivity index (χ2v) is 7.19. The number of aryl methyl sites for hydroxylation is 1. The van der Waals surface area contributed by atoms with Gasteiger partial charge in [0.25, 0.3) is 0 Å². The SMILES string of the molecule is C=CCc1cccc(-c2cccc(-n3ccnc3C)c2-c2ccccn2)c1CC=C. The Hall–Kier alpha value is -3.72. The first-order chi connectivity index (χ1) is 14.7. The number of hydrogen-bond acceptors (Lipinski definition) is 2. The van der Waals surface area contributed by atoms with Gasteiger partial charge in [-0.1, -0.05) is 48.6 Å². The third-order valence-electron chi connectivity index (χ3n) is 5.32. The lowest BCUT2D eigenvalue weighted by Gasteiger charge is -2.19. The van der Waals surface area contributed by atoms with Gasteiger partial charge in [-0.25, -0.2) is 4.98 Å². The standard InChI is InChI=1S/C27H25N3/c1-4-10-21-12-8-13-23(22(21)11-5-2)24-14-9-16-26(30-19-18-28-20(30)3)27(24)25-15-6-7-17-29-25/h4-9,12-19H,1-2,10-11H2,3H3. The lowest BCUT2D eigenvalue weighted by molar-refractivity contribution is 0.975. The maximum absolute atomic E-state index is 4.70. The third-order valence-corrected chi connectivity index (χ3v) is 5.32. The molecule has 30 heavy (non-hydrogen) atoms. The van der Waals surface area contributed by atoms with Gasteiger partial charge >= 0.3 is 0 Å². The van der Waals surface area contributed by atoms with Gasteiger partial charge in [0.15, 0.2) is 0 Å². The Morgan fingerprint density at radius 1 is 0.833 bits per heavy atom. The molecular weight excluding hydrogens is 366 g/mol. The van der Waals surface area contributed by atoms with Crippen LogP contribution in [0.15, 0.2) is 98.5 Å². The van der Waals surface area contributed by atoms with Crippen molar-refractivity contribution in [3.63, 3.8) is 0 Å². The molecule has 0 saturated heterocycles. The predicted molar refractivity (Wildman–Crippen MR) is 125 cm³/mol. The molecule has 4 rings (SSSR count). The number of nitrogens with zero attached hydrogens (tertiary/aromatic N) is 3. The van der Waals surface area contributed by atoms with Crippen LogP contribution in [0.25, 0.3) is 28.1 Å². The van der Waals surface area contributed by atoms with Crippen LogP contribution in [0.2, 0.25) is 0 Å². The van der Waals surface area contributed by atoms with Crippen LogP contribution in [0.5, 0.6) is 0 Å². The summed E-state index contributed by atoms with van der Waals surface area (Å²) in [6, 6.07) is 18.9. The largest absolute Gasteiger partial charge is 0.303 e. The number of pyridine rings is 1. The van der Waals surface area contributed by atoms with Gasteiger partial charge in [-0.05, 0) is 60.2 Å². The number of imidazole rings is 1. The topological polar surface area (TPSA) is 30.7 Å². The van der Waals surface area contributed by atoms with E-state index in [-0.39, 0.29) is 0 Å². The number of hydrogen-bond donors (Lipinski definition) is 0. The van der Waals surface area contributed by atoms with Crippen molar-refractivity contribution < 1.29 is 0 Å². The highest BCUT2D eigenvalue weighted by atomic mass is 15.1. The molecule has 2 aromatic heterocycles. The molecule has 0 aliphatic heterocycles. The molecule has 0 fully saturated rings. The van der Waals surface area contributed by atoms with Crippen molar-refractivity contribution in [3.8, 4) is 28.1 Å². The van der Waals surface area contributed by atoms with E-state index in [0.29, 0.717) is 0 Å². The summed E-state index contributed by atoms with van der Waals surface area (Å²) in [5.74, 6) is 0.941. The first-order valence-electron chi connectivity index (χ1n) is 10.1. The second kappa shape index (κ2) is 8.75. The highest BCUT2D eigenvalue weighted by Crippen LogP contribution is 2.38. The fourth-order valence-electron chi connectivity index (χ4n) is 4.00. The van der Waals surface area contributed by atoms with Crippen LogP contribution >= 0.6 is 0 Å². The van der Waals surface area contributed by atoms with Crippen LogP contribution in [0.4, 0.5) is 0 Å². The molecule has 0 radical (unpaired) electrons. The van der Waals surface area contributed by atoms with E-state index in [9.17, 15) is 0 Å². The molecular formula is C27H25N3. The highest BCUT2D eigenvalue weighted by molar-refractivity contribution is 5.89. The molecule has 0 atom stereocenters. The maximum Gasteiger partial charge on any atom is 0.110 e. The fourth-order valence-corrected chi connectivity index (χ4v) is 4.00. The predicted octanol–water partition coefficient (Wildman–Crippen LogP) is 6.37. The van der Waals surface area contributed by atoms with Crippen molar-refractivity contribution in [2.45, 2.75) is 19.8 Å². The summed E-state index contributed by atoms with van der Waals surface area (Å²) in [6.07, 6.45) is 11.2. The van der Waals surface area contributed by atoms with Crippen LogP contribution in [-0.2, 0) is 12.8 Å². The summed E-state index contributed by atoms with van der Waals surface area (Å²) >= 11 is 0. The number of rotatable bonds is 7. The number of benzene rings is 2. The van der Waals surface area contributed by atoms with E-state index in [1.54, 1.807) is 0 Å². The van der Waals surface area contributed by atoms with Crippen molar-refractivity contribution in [3.05, 3.63) is 115 Å². The van der Waals surface area contributed by atoms with Crippen LogP contribution in [-0.4, -0.2) is 14.5 Å². The Morgan fingerprint density at radius 2 is 1.63 bits per heavy atom. The van der Waals surface area contributed by atoms with Gasteiger partial charge in [0.2, 0.25) is 0 Å². The first kappa shape index (κ1) is 19.6. The maximum atomic E-state index is 4.70. The monoisotopic (exact) mass is 391 g/mol. The summed E-state index contributed by atoms with van der Waals surface area (Å²) in [5, 5.41) is 0. The normalized spacial score (nSPS) is 10.7. The molecule has 0 spiro atoms. The van der Waals surface area contributed by atoms with Crippen molar-refractivity contribution in [2.75, 3.05) is 0 Å². The van der Waals surface area contributed by atoms with Crippen molar-refractivity contribution in [2.24, 2.45) is 0 Å². The van der Waals surface area contributed by atoms with Crippen molar-refractivity contribution in [1.29, 1.82) is 0 Å². The fraction of sp³-hybridized carbons (Fsp3) is 0.111. The molecule has 0 saturated carbocycles. The van der Waals surface area contributed by atoms with E-state index in [0.717, 1.165) is 41.2 Å². The van der Waals surface area contributed by atoms with Gasteiger partial charge in [-0.3, -0.25) is 4.98 Å². The molecule has 0 aliphatic rings. The lowest BCUT2D eigenvalue weighted by atomic mass is 9.88. The van der Waals surface area contributed by atoms with Crippen LogP contribution in [0.1, 0.15) is 17.0 Å². The van der Waals surface area contributed by atoms with Gasteiger partial charge in [0.1, 0.15) is 5.82 Å². The Bertz CT molecular complexity index is 1190. The Balaban J connectivity index is 2.05. The quantitative estimate of drug-likeness (QED) is 0.343. The summed E-state index contributed by atoms with van der Waals surface area (Å²) in [6.45, 7) is 9.94. The summed E-state index contributed by atoms with van der Waals surface area (Å²) in [7, 11) is 0. The molecule has 3 nitrogen and oxygen atoms in total. The van der Waals surface area contributed by atoms with Crippen LogP contribution < -0.4 is 0 Å². The van der Waals surface area contributed by atoms with E-state index in [4.69, 9.17) is 4.98 Å². The Morgan fingerprint density at radius 3 is 2.33 bits per heavy atom. The third kappa shape index (κ3) is 3.62. The number of aromatic nitrogens is 3. The minimum atomic E-state index is 0.801. The average Bonchev–Trinajstić information content (AvgIpc) is 3.21. The molecule has 0 amide bonds. The molecule has 0 bridgehead atoms. The summed E-state index contributed by atoms with van der Waals surface area (Å²) in [5.41, 5.74) is 8.02. The van der Waals surface area contributed by atoms with Gasteiger partial charge in [-0.2, -0.15) is 0 Å². The van der Waals surface area contributed by atoms with E-state index in [1.807, 2.05) is 49.8 Å². The minimum Gasteiger partial charge on any atom is -0.303 e. The highest BCUT2D eigenvalue weighted by Gasteiger charge is 2.18. The van der Waals surface area contributed by atoms with Gasteiger partial charge < -0.3 is 4.57 Å². The van der Waals surface area contributed by atoms with Crippen LogP contribution in [0.3, 0.4) is 0 Å². The summed E-state index contributed by atoms with van der Waals surface area (Å²) < 4.78 is 2.12. The zero-order valence-electron chi connectivity index (χ0n) is 17.3. The van der Waals surface area contributed by atoms with E-state index in [2.05, 4.69) is 65.2 Å². The number of allylic oxidation sites excluding steroid dienone is 2. The molecule has 2 aromatic carbocycles.